The molecule has 0 unspecified atom stereocenters. The fourth-order valence-electron chi connectivity index (χ4n) is 2.53. The Hall–Kier alpha value is -2.82. The number of carbonyl (C=O) groups is 1. The van der Waals surface area contributed by atoms with E-state index in [0.717, 1.165) is 28.2 Å². The summed E-state index contributed by atoms with van der Waals surface area (Å²) in [4.78, 5) is 12.1. The van der Waals surface area contributed by atoms with Gasteiger partial charge in [-0.05, 0) is 17.7 Å². The van der Waals surface area contributed by atoms with Crippen molar-refractivity contribution in [1.82, 2.24) is 9.78 Å². The number of ether oxygens (including phenoxy) is 1. The van der Waals surface area contributed by atoms with Crippen molar-refractivity contribution in [2.45, 2.75) is 26.7 Å². The normalized spacial score (nSPS) is 11.9. The van der Waals surface area contributed by atoms with Crippen molar-refractivity contribution >= 4 is 11.6 Å². The Bertz CT molecular complexity index is 775. The second-order valence-electron chi connectivity index (χ2n) is 5.18. The molecule has 0 radical (unpaired) electrons. The first-order valence-corrected chi connectivity index (χ1v) is 7.96. The number of aromatic nitrogens is 2. The molecule has 2 aromatic rings. The third kappa shape index (κ3) is 3.40. The zero-order chi connectivity index (χ0) is 17.7. The van der Waals surface area contributed by atoms with Crippen LogP contribution in [0.1, 0.15) is 25.1 Å². The topological polar surface area (TPSA) is 56.2 Å². The smallest absolute Gasteiger partial charge is 0.230 e. The molecule has 5 heteroatoms. The van der Waals surface area contributed by atoms with Crippen molar-refractivity contribution in [1.29, 1.82) is 0 Å². The SMILES string of the molecule is C=CC(=C)Cc1cnn2c1CC(=O)Nc1ccc(OC)cc1-2.CC. The fraction of sp³-hybridized carbons (Fsp3) is 0.263. The van der Waals surface area contributed by atoms with Crippen LogP contribution >= 0.6 is 0 Å². The fourth-order valence-corrected chi connectivity index (χ4v) is 2.53. The second-order valence-corrected chi connectivity index (χ2v) is 5.18. The molecule has 1 aromatic carbocycles. The summed E-state index contributed by atoms with van der Waals surface area (Å²) >= 11 is 0. The molecule has 5 nitrogen and oxygen atoms in total. The average Bonchev–Trinajstić information content (AvgIpc) is 2.92. The Morgan fingerprint density at radius 1 is 1.46 bits per heavy atom. The first-order chi connectivity index (χ1) is 11.6. The average molecular weight is 325 g/mol. The van der Waals surface area contributed by atoms with Crippen molar-refractivity contribution in [2.24, 2.45) is 0 Å². The Kier molecular flexibility index (Phi) is 5.58. The van der Waals surface area contributed by atoms with Crippen molar-refractivity contribution in [3.8, 4) is 11.4 Å². The van der Waals surface area contributed by atoms with Gasteiger partial charge in [0, 0.05) is 12.5 Å². The molecule has 1 aromatic heterocycles. The minimum absolute atomic E-state index is 0.0591. The van der Waals surface area contributed by atoms with Gasteiger partial charge in [-0.2, -0.15) is 5.10 Å². The molecule has 1 amide bonds. The Balaban J connectivity index is 0.00000100. The molecule has 0 aliphatic carbocycles. The van der Waals surface area contributed by atoms with Crippen LogP contribution in [0.15, 0.2) is 49.2 Å². The van der Waals surface area contributed by atoms with Crippen molar-refractivity contribution in [3.05, 3.63) is 60.5 Å². The Morgan fingerprint density at radius 3 is 2.88 bits per heavy atom. The van der Waals surface area contributed by atoms with E-state index in [2.05, 4.69) is 23.6 Å². The summed E-state index contributed by atoms with van der Waals surface area (Å²) in [6.07, 6.45) is 4.41. The van der Waals surface area contributed by atoms with Crippen LogP contribution in [0.4, 0.5) is 5.69 Å². The number of amides is 1. The number of rotatable bonds is 4. The van der Waals surface area contributed by atoms with Gasteiger partial charge >= 0.3 is 0 Å². The predicted molar refractivity (Wildman–Crippen MR) is 96.8 cm³/mol. The summed E-state index contributed by atoms with van der Waals surface area (Å²) in [6.45, 7) is 11.7. The lowest BCUT2D eigenvalue weighted by Gasteiger charge is -2.10. The summed E-state index contributed by atoms with van der Waals surface area (Å²) in [7, 11) is 1.61. The highest BCUT2D eigenvalue weighted by Gasteiger charge is 2.22. The number of nitrogens with zero attached hydrogens (tertiary/aromatic N) is 2. The molecular formula is C19H23N3O2. The summed E-state index contributed by atoms with van der Waals surface area (Å²) < 4.78 is 7.06. The predicted octanol–water partition coefficient (Wildman–Crippen LogP) is 3.69. The van der Waals surface area contributed by atoms with Gasteiger partial charge in [0.05, 0.1) is 36.8 Å². The minimum atomic E-state index is -0.0591. The molecule has 0 fully saturated rings. The van der Waals surface area contributed by atoms with Crippen LogP contribution in [0.5, 0.6) is 5.75 Å². The lowest BCUT2D eigenvalue weighted by molar-refractivity contribution is -0.115. The number of fused-ring (bicyclic) bond motifs is 3. The molecule has 24 heavy (non-hydrogen) atoms. The molecule has 0 spiro atoms. The summed E-state index contributed by atoms with van der Waals surface area (Å²) in [5, 5.41) is 7.35. The highest BCUT2D eigenvalue weighted by atomic mass is 16.5. The Morgan fingerprint density at radius 2 is 2.21 bits per heavy atom. The molecule has 2 heterocycles. The van der Waals surface area contributed by atoms with Gasteiger partial charge in [0.15, 0.2) is 0 Å². The first kappa shape index (κ1) is 17.5. The molecule has 1 N–H and O–H groups in total. The monoisotopic (exact) mass is 325 g/mol. The number of carbonyl (C=O) groups excluding carboxylic acids is 1. The van der Waals surface area contributed by atoms with Crippen molar-refractivity contribution < 1.29 is 9.53 Å². The maximum Gasteiger partial charge on any atom is 0.230 e. The lowest BCUT2D eigenvalue weighted by atomic mass is 10.1. The van der Waals surface area contributed by atoms with E-state index in [1.54, 1.807) is 24.1 Å². The molecule has 0 atom stereocenters. The van der Waals surface area contributed by atoms with Gasteiger partial charge in [0.1, 0.15) is 5.75 Å². The van der Waals surface area contributed by atoms with Gasteiger partial charge in [-0.1, -0.05) is 38.7 Å². The van der Waals surface area contributed by atoms with Crippen molar-refractivity contribution in [3.63, 3.8) is 0 Å². The quantitative estimate of drug-likeness (QED) is 0.872. The highest BCUT2D eigenvalue weighted by molar-refractivity contribution is 5.95. The maximum atomic E-state index is 12.1. The summed E-state index contributed by atoms with van der Waals surface area (Å²) in [6, 6.07) is 5.50. The number of nitrogens with one attached hydrogen (secondary N) is 1. The van der Waals surface area contributed by atoms with Crippen LogP contribution in [0.2, 0.25) is 0 Å². The molecule has 1 aliphatic heterocycles. The molecule has 126 valence electrons. The van der Waals surface area contributed by atoms with Gasteiger partial charge in [-0.15, -0.1) is 0 Å². The number of hydrogen-bond donors (Lipinski definition) is 1. The Labute approximate surface area is 142 Å². The van der Waals surface area contributed by atoms with Crippen molar-refractivity contribution in [2.75, 3.05) is 12.4 Å². The van der Waals surface area contributed by atoms with Crippen LogP contribution in [0, 0.1) is 0 Å². The maximum absolute atomic E-state index is 12.1. The van der Waals surface area contributed by atoms with E-state index in [4.69, 9.17) is 4.74 Å². The number of allylic oxidation sites excluding steroid dienone is 2. The molecule has 3 rings (SSSR count). The van der Waals surface area contributed by atoms with Gasteiger partial charge in [-0.25, -0.2) is 4.68 Å². The third-order valence-corrected chi connectivity index (χ3v) is 3.70. The van der Waals surface area contributed by atoms with Crippen LogP contribution in [0.25, 0.3) is 5.69 Å². The molecule has 0 saturated carbocycles. The zero-order valence-electron chi connectivity index (χ0n) is 14.4. The second kappa shape index (κ2) is 7.64. The van der Waals surface area contributed by atoms with E-state index in [1.165, 1.54) is 0 Å². The first-order valence-electron chi connectivity index (χ1n) is 7.96. The molecule has 0 saturated heterocycles. The van der Waals surface area contributed by atoms with Gasteiger partial charge in [-0.3, -0.25) is 4.79 Å². The standard InChI is InChI=1S/C17H17N3O2.C2H6/c1-4-11(2)7-12-10-18-20-15(12)9-17(21)19-14-6-5-13(22-3)8-16(14)20;1-2/h4-6,8,10H,1-2,7,9H2,3H3,(H,19,21);1-2H3. The number of hydrogen-bond acceptors (Lipinski definition) is 3. The molecular weight excluding hydrogens is 302 g/mol. The van der Waals surface area contributed by atoms with Gasteiger partial charge < -0.3 is 10.1 Å². The third-order valence-electron chi connectivity index (χ3n) is 3.70. The number of methoxy groups -OCH3 is 1. The van der Waals surface area contributed by atoms with E-state index in [-0.39, 0.29) is 12.3 Å². The lowest BCUT2D eigenvalue weighted by Crippen LogP contribution is -2.13. The van der Waals surface area contributed by atoms with Crippen LogP contribution in [0.3, 0.4) is 0 Å². The zero-order valence-corrected chi connectivity index (χ0v) is 14.4. The van der Waals surface area contributed by atoms with Gasteiger partial charge in [0.25, 0.3) is 0 Å². The van der Waals surface area contributed by atoms with Gasteiger partial charge in [0.2, 0.25) is 5.91 Å². The van der Waals surface area contributed by atoms with E-state index >= 15 is 0 Å². The van der Waals surface area contributed by atoms with E-state index in [0.29, 0.717) is 12.2 Å². The number of benzene rings is 1. The summed E-state index contributed by atoms with van der Waals surface area (Å²) in [5.74, 6) is 0.657. The van der Waals surface area contributed by atoms with E-state index < -0.39 is 0 Å². The number of anilines is 1. The largest absolute Gasteiger partial charge is 0.497 e. The van der Waals surface area contributed by atoms with Crippen LogP contribution < -0.4 is 10.1 Å². The molecule has 0 bridgehead atoms. The highest BCUT2D eigenvalue weighted by Crippen LogP contribution is 2.30. The van der Waals surface area contributed by atoms with E-state index in [9.17, 15) is 4.79 Å². The molecule has 1 aliphatic rings. The van der Waals surface area contributed by atoms with Crippen LogP contribution in [-0.4, -0.2) is 22.8 Å². The van der Waals surface area contributed by atoms with E-state index in [1.807, 2.05) is 32.0 Å². The summed E-state index contributed by atoms with van der Waals surface area (Å²) in [5.41, 5.74) is 4.27. The minimum Gasteiger partial charge on any atom is -0.497 e. The van der Waals surface area contributed by atoms with Crippen LogP contribution in [-0.2, 0) is 17.6 Å².